The first-order valence-electron chi connectivity index (χ1n) is 6.56. The molecule has 3 nitrogen and oxygen atoms in total. The molecule has 3 heteroatoms. The largest absolute Gasteiger partial charge is 0.396 e. The molecule has 0 aliphatic heterocycles. The van der Waals surface area contributed by atoms with Crippen LogP contribution in [0.1, 0.15) is 64.7 Å². The van der Waals surface area contributed by atoms with Crippen LogP contribution in [-0.2, 0) is 0 Å². The van der Waals surface area contributed by atoms with Crippen LogP contribution in [0.4, 0.5) is 0 Å². The monoisotopic (exact) mass is 232 g/mol. The molecule has 0 aromatic carbocycles. The molecule has 1 atom stereocenters. The van der Waals surface area contributed by atoms with Crippen molar-refractivity contribution in [2.45, 2.75) is 70.3 Å². The third kappa shape index (κ3) is 10.4. The molecule has 1 unspecified atom stereocenters. The van der Waals surface area contributed by atoms with E-state index in [1.165, 1.54) is 25.7 Å². The van der Waals surface area contributed by atoms with Gasteiger partial charge in [-0.1, -0.05) is 44.9 Å². The van der Waals surface area contributed by atoms with Gasteiger partial charge in [0.2, 0.25) is 0 Å². The normalized spacial score (nSPS) is 15.0. The van der Waals surface area contributed by atoms with Gasteiger partial charge < -0.3 is 15.3 Å². The van der Waals surface area contributed by atoms with E-state index < -0.39 is 5.60 Å². The highest BCUT2D eigenvalue weighted by atomic mass is 16.3. The molecule has 0 rings (SSSR count). The van der Waals surface area contributed by atoms with E-state index in [0.717, 1.165) is 25.7 Å². The molecule has 0 radical (unpaired) electrons. The van der Waals surface area contributed by atoms with Crippen LogP contribution >= 0.6 is 0 Å². The summed E-state index contributed by atoms with van der Waals surface area (Å²) in [5.41, 5.74) is -0.888. The number of unbranched alkanes of at least 4 members (excludes halogenated alkanes) is 7. The molecule has 0 saturated heterocycles. The van der Waals surface area contributed by atoms with E-state index >= 15 is 0 Å². The molecule has 0 aliphatic rings. The maximum absolute atomic E-state index is 9.55. The number of rotatable bonds is 11. The van der Waals surface area contributed by atoms with E-state index in [-0.39, 0.29) is 6.61 Å². The van der Waals surface area contributed by atoms with Crippen molar-refractivity contribution in [3.63, 3.8) is 0 Å². The average molecular weight is 232 g/mol. The van der Waals surface area contributed by atoms with E-state index in [1.807, 2.05) is 0 Å². The quantitative estimate of drug-likeness (QED) is 0.479. The van der Waals surface area contributed by atoms with Crippen LogP contribution < -0.4 is 0 Å². The van der Waals surface area contributed by atoms with Crippen LogP contribution in [0.3, 0.4) is 0 Å². The van der Waals surface area contributed by atoms with Gasteiger partial charge in [0.25, 0.3) is 0 Å². The molecule has 3 N–H and O–H groups in total. The van der Waals surface area contributed by atoms with Crippen molar-refractivity contribution in [1.82, 2.24) is 0 Å². The molecule has 0 aromatic heterocycles. The number of hydrogen-bond donors (Lipinski definition) is 3. The minimum atomic E-state index is -0.888. The van der Waals surface area contributed by atoms with Gasteiger partial charge >= 0.3 is 0 Å². The average Bonchev–Trinajstić information content (AvgIpc) is 2.27. The van der Waals surface area contributed by atoms with E-state index in [9.17, 15) is 5.11 Å². The minimum absolute atomic E-state index is 0.145. The Morgan fingerprint density at radius 2 is 1.19 bits per heavy atom. The Labute approximate surface area is 99.5 Å². The summed E-state index contributed by atoms with van der Waals surface area (Å²) in [4.78, 5) is 0. The molecule has 0 heterocycles. The van der Waals surface area contributed by atoms with Gasteiger partial charge in [0.1, 0.15) is 0 Å². The summed E-state index contributed by atoms with van der Waals surface area (Å²) in [6.45, 7) is 1.85. The zero-order valence-electron chi connectivity index (χ0n) is 10.6. The Kier molecular flexibility index (Phi) is 9.99. The second-order valence-electron chi connectivity index (χ2n) is 4.96. The van der Waals surface area contributed by atoms with Crippen LogP contribution in [0.15, 0.2) is 0 Å². The van der Waals surface area contributed by atoms with Gasteiger partial charge in [0.05, 0.1) is 12.2 Å². The number of aliphatic hydroxyl groups is 3. The van der Waals surface area contributed by atoms with Crippen molar-refractivity contribution in [3.8, 4) is 0 Å². The Hall–Kier alpha value is -0.120. The fraction of sp³-hybridized carbons (Fsp3) is 1.00. The fourth-order valence-electron chi connectivity index (χ4n) is 1.76. The smallest absolute Gasteiger partial charge is 0.0849 e. The topological polar surface area (TPSA) is 60.7 Å². The lowest BCUT2D eigenvalue weighted by molar-refractivity contribution is -0.00695. The van der Waals surface area contributed by atoms with Gasteiger partial charge in [-0.3, -0.25) is 0 Å². The first kappa shape index (κ1) is 15.9. The standard InChI is InChI=1S/C13H28O3/c1-13(16,12-15)10-8-6-4-2-3-5-7-9-11-14/h14-16H,2-12H2,1H3. The van der Waals surface area contributed by atoms with E-state index in [4.69, 9.17) is 10.2 Å². The maximum atomic E-state index is 9.55. The molecular weight excluding hydrogens is 204 g/mol. The highest BCUT2D eigenvalue weighted by molar-refractivity contribution is 4.70. The highest BCUT2D eigenvalue weighted by Crippen LogP contribution is 2.15. The second kappa shape index (κ2) is 10.1. The van der Waals surface area contributed by atoms with Crippen LogP contribution in [0.5, 0.6) is 0 Å². The second-order valence-corrected chi connectivity index (χ2v) is 4.96. The molecule has 16 heavy (non-hydrogen) atoms. The lowest BCUT2D eigenvalue weighted by Crippen LogP contribution is -2.28. The molecule has 98 valence electrons. The van der Waals surface area contributed by atoms with Gasteiger partial charge in [-0.25, -0.2) is 0 Å². The van der Waals surface area contributed by atoms with Crippen molar-refractivity contribution in [2.24, 2.45) is 0 Å². The number of aliphatic hydroxyl groups excluding tert-OH is 2. The Morgan fingerprint density at radius 3 is 1.62 bits per heavy atom. The Morgan fingerprint density at radius 1 is 0.750 bits per heavy atom. The molecule has 0 spiro atoms. The predicted octanol–water partition coefficient (Wildman–Crippen LogP) is 2.23. The maximum Gasteiger partial charge on any atom is 0.0849 e. The summed E-state index contributed by atoms with van der Waals surface area (Å²) in [5.74, 6) is 0. The lowest BCUT2D eigenvalue weighted by atomic mass is 9.98. The van der Waals surface area contributed by atoms with E-state index in [2.05, 4.69) is 0 Å². The Balaban J connectivity index is 3.10. The van der Waals surface area contributed by atoms with Crippen LogP contribution in [0.2, 0.25) is 0 Å². The van der Waals surface area contributed by atoms with Crippen LogP contribution in [0.25, 0.3) is 0 Å². The first-order chi connectivity index (χ1) is 7.62. The minimum Gasteiger partial charge on any atom is -0.396 e. The number of hydrogen-bond acceptors (Lipinski definition) is 3. The lowest BCUT2D eigenvalue weighted by Gasteiger charge is -2.19. The van der Waals surface area contributed by atoms with Gasteiger partial charge in [0, 0.05) is 6.61 Å². The molecule has 0 saturated carbocycles. The summed E-state index contributed by atoms with van der Waals surface area (Å²) in [6, 6.07) is 0. The van der Waals surface area contributed by atoms with Gasteiger partial charge in [-0.05, 0) is 19.8 Å². The van der Waals surface area contributed by atoms with Crippen molar-refractivity contribution >= 4 is 0 Å². The van der Waals surface area contributed by atoms with Crippen LogP contribution in [-0.4, -0.2) is 34.1 Å². The van der Waals surface area contributed by atoms with E-state index in [0.29, 0.717) is 13.0 Å². The van der Waals surface area contributed by atoms with Gasteiger partial charge in [-0.15, -0.1) is 0 Å². The summed E-state index contributed by atoms with van der Waals surface area (Å²) in [7, 11) is 0. The summed E-state index contributed by atoms with van der Waals surface area (Å²) < 4.78 is 0. The fourth-order valence-corrected chi connectivity index (χ4v) is 1.76. The van der Waals surface area contributed by atoms with Gasteiger partial charge in [-0.2, -0.15) is 0 Å². The molecule has 0 aliphatic carbocycles. The molecule has 0 aromatic rings. The van der Waals surface area contributed by atoms with Crippen molar-refractivity contribution in [3.05, 3.63) is 0 Å². The van der Waals surface area contributed by atoms with Crippen LogP contribution in [0, 0.1) is 0 Å². The summed E-state index contributed by atoms with van der Waals surface area (Å²) in [6.07, 6.45) is 9.79. The molecule has 0 bridgehead atoms. The third-order valence-corrected chi connectivity index (χ3v) is 2.96. The van der Waals surface area contributed by atoms with Crippen molar-refractivity contribution in [1.29, 1.82) is 0 Å². The summed E-state index contributed by atoms with van der Waals surface area (Å²) in [5, 5.41) is 27.0. The molecular formula is C13H28O3. The van der Waals surface area contributed by atoms with E-state index in [1.54, 1.807) is 6.92 Å². The van der Waals surface area contributed by atoms with Crippen molar-refractivity contribution < 1.29 is 15.3 Å². The van der Waals surface area contributed by atoms with Crippen molar-refractivity contribution in [2.75, 3.05) is 13.2 Å². The zero-order valence-corrected chi connectivity index (χ0v) is 10.6. The van der Waals surface area contributed by atoms with Gasteiger partial charge in [0.15, 0.2) is 0 Å². The molecule has 0 amide bonds. The molecule has 0 fully saturated rings. The third-order valence-electron chi connectivity index (χ3n) is 2.96. The first-order valence-corrected chi connectivity index (χ1v) is 6.56. The predicted molar refractivity (Wildman–Crippen MR) is 66.3 cm³/mol. The zero-order chi connectivity index (χ0) is 12.3. The highest BCUT2D eigenvalue weighted by Gasteiger charge is 2.17. The summed E-state index contributed by atoms with van der Waals surface area (Å²) >= 11 is 0. The SMILES string of the molecule is CC(O)(CO)CCCCCCCCCCO. The Bertz CT molecular complexity index is 146.